The van der Waals surface area contributed by atoms with Crippen LogP contribution in [0.25, 0.3) is 11.0 Å². The number of carboxylic acids is 1. The van der Waals surface area contributed by atoms with Crippen LogP contribution in [0.2, 0.25) is 0 Å². The molecule has 18 heteroatoms. The molecular weight excluding hydrogens is 667 g/mol. The van der Waals surface area contributed by atoms with Gasteiger partial charge in [-0.15, -0.1) is 0 Å². The zero-order chi connectivity index (χ0) is 37.6. The highest BCUT2D eigenvalue weighted by molar-refractivity contribution is 6.00. The van der Waals surface area contributed by atoms with Gasteiger partial charge >= 0.3 is 17.8 Å². The lowest BCUT2D eigenvalue weighted by Gasteiger charge is -2.22. The van der Waals surface area contributed by atoms with Crippen molar-refractivity contribution in [2.45, 2.75) is 51.9 Å². The molecule has 2 aromatic carbocycles. The van der Waals surface area contributed by atoms with Gasteiger partial charge in [-0.25, -0.2) is 9.59 Å². The Morgan fingerprint density at radius 3 is 2.18 bits per heavy atom. The summed E-state index contributed by atoms with van der Waals surface area (Å²) in [6.45, 7) is 5.12. The number of fused-ring (bicyclic) bond motifs is 1. The Morgan fingerprint density at radius 2 is 1.60 bits per heavy atom. The topological polar surface area (TPSA) is 248 Å². The third-order valence-corrected chi connectivity index (χ3v) is 6.75. The number of aliphatic carboxylic acids is 1. The number of halogens is 3. The number of anilines is 1. The number of alkyl halides is 3. The molecule has 2 atom stereocenters. The molecular formula is C32H38F3N7O8. The zero-order valence-electron chi connectivity index (χ0n) is 27.3. The Morgan fingerprint density at radius 1 is 0.960 bits per heavy atom. The van der Waals surface area contributed by atoms with Crippen molar-refractivity contribution in [3.05, 3.63) is 76.1 Å². The van der Waals surface area contributed by atoms with Gasteiger partial charge in [0, 0.05) is 35.3 Å². The van der Waals surface area contributed by atoms with Crippen molar-refractivity contribution in [2.24, 2.45) is 22.4 Å². The number of carboxylic acid groups (broad SMARTS) is 1. The highest BCUT2D eigenvalue weighted by atomic mass is 19.4. The van der Waals surface area contributed by atoms with Gasteiger partial charge < -0.3 is 42.3 Å². The number of hydrogen-bond acceptors (Lipinski definition) is 8. The molecule has 0 aliphatic heterocycles. The van der Waals surface area contributed by atoms with Crippen LogP contribution in [0.1, 0.15) is 42.6 Å². The SMILES string of the molecule is Cc1cc(=O)oc2cc(NC(=O)C(CCCN=C(N)N)NC(=O)CNC(=O)C(NC(=O)c3ccccc3)C(C)C)ccc12.O=C(O)C(F)(F)F. The van der Waals surface area contributed by atoms with Crippen molar-refractivity contribution in [1.29, 1.82) is 0 Å². The molecule has 1 heterocycles. The first-order valence-electron chi connectivity index (χ1n) is 15.0. The molecule has 0 aliphatic rings. The van der Waals surface area contributed by atoms with Crippen LogP contribution in [0, 0.1) is 12.8 Å². The minimum absolute atomic E-state index is 0.0974. The van der Waals surface area contributed by atoms with Gasteiger partial charge in [-0.2, -0.15) is 13.2 Å². The summed E-state index contributed by atoms with van der Waals surface area (Å²) in [5, 5.41) is 18.4. The van der Waals surface area contributed by atoms with E-state index < -0.39 is 60.0 Å². The first kappa shape index (κ1) is 40.2. The predicted molar refractivity (Wildman–Crippen MR) is 177 cm³/mol. The van der Waals surface area contributed by atoms with Crippen molar-refractivity contribution in [2.75, 3.05) is 18.4 Å². The standard InChI is InChI=1S/C30H37N7O6.C2HF3O2/c1-17(2)26(37-27(40)19-8-5-4-6-9-19)29(42)34-16-24(38)36-22(10-7-13-33-30(31)32)28(41)35-20-11-12-21-18(3)14-25(39)43-23(21)15-20;3-2(4,5)1(6)7/h4-6,8-9,11-12,14-15,17,22,26H,7,10,13,16H2,1-3H3,(H,34,42)(H,35,41)(H,36,38)(H,37,40)(H4,31,32,33);(H,6,7). The van der Waals surface area contributed by atoms with Crippen LogP contribution in [0.4, 0.5) is 18.9 Å². The van der Waals surface area contributed by atoms with E-state index >= 15 is 0 Å². The van der Waals surface area contributed by atoms with Crippen LogP contribution in [0.5, 0.6) is 0 Å². The number of carbonyl (C=O) groups excluding carboxylic acids is 4. The molecule has 0 radical (unpaired) electrons. The Balaban J connectivity index is 0.00000112. The molecule has 50 heavy (non-hydrogen) atoms. The summed E-state index contributed by atoms with van der Waals surface area (Å²) in [5.74, 6) is -5.23. The average Bonchev–Trinajstić information content (AvgIpc) is 3.03. The molecule has 0 aliphatic carbocycles. The van der Waals surface area contributed by atoms with E-state index in [1.165, 1.54) is 12.1 Å². The molecule has 4 amide bonds. The molecule has 2 unspecified atom stereocenters. The number of benzene rings is 2. The van der Waals surface area contributed by atoms with E-state index in [1.807, 2.05) is 0 Å². The average molecular weight is 706 g/mol. The third-order valence-electron chi connectivity index (χ3n) is 6.75. The number of nitrogens with zero attached hydrogens (tertiary/aromatic N) is 1. The summed E-state index contributed by atoms with van der Waals surface area (Å²) >= 11 is 0. The van der Waals surface area contributed by atoms with Crippen LogP contribution in [0.15, 0.2) is 68.8 Å². The van der Waals surface area contributed by atoms with Crippen LogP contribution in [-0.4, -0.2) is 72.0 Å². The fraction of sp³-hybridized carbons (Fsp3) is 0.344. The molecule has 0 saturated heterocycles. The summed E-state index contributed by atoms with van der Waals surface area (Å²) in [6.07, 6.45) is -4.53. The summed E-state index contributed by atoms with van der Waals surface area (Å²) < 4.78 is 37.0. The summed E-state index contributed by atoms with van der Waals surface area (Å²) in [5.41, 5.74) is 12.0. The van der Waals surface area contributed by atoms with Crippen molar-refractivity contribution >= 4 is 52.2 Å². The van der Waals surface area contributed by atoms with E-state index in [1.54, 1.807) is 63.2 Å². The molecule has 1 aromatic heterocycles. The Kier molecular flexibility index (Phi) is 14.9. The number of nitrogens with one attached hydrogen (secondary N) is 4. The van der Waals surface area contributed by atoms with Crippen molar-refractivity contribution in [3.8, 4) is 0 Å². The number of rotatable bonds is 13. The monoisotopic (exact) mass is 705 g/mol. The molecule has 3 rings (SSSR count). The number of aryl methyl sites for hydroxylation is 1. The molecule has 0 fully saturated rings. The number of nitrogens with two attached hydrogens (primary N) is 2. The fourth-order valence-electron chi connectivity index (χ4n) is 4.28. The first-order valence-corrected chi connectivity index (χ1v) is 15.0. The Bertz CT molecular complexity index is 1760. The maximum atomic E-state index is 13.2. The quantitative estimate of drug-likeness (QED) is 0.0588. The highest BCUT2D eigenvalue weighted by Crippen LogP contribution is 2.21. The Labute approximate surface area is 283 Å². The van der Waals surface area contributed by atoms with Crippen molar-refractivity contribution in [3.63, 3.8) is 0 Å². The molecule has 0 saturated carbocycles. The smallest absolute Gasteiger partial charge is 0.475 e. The van der Waals surface area contributed by atoms with Crippen LogP contribution in [-0.2, 0) is 19.2 Å². The van der Waals surface area contributed by atoms with E-state index in [0.717, 1.165) is 10.9 Å². The zero-order valence-corrected chi connectivity index (χ0v) is 27.3. The minimum Gasteiger partial charge on any atom is -0.475 e. The maximum absolute atomic E-state index is 13.2. The number of hydrogen-bond donors (Lipinski definition) is 7. The van der Waals surface area contributed by atoms with Crippen LogP contribution >= 0.6 is 0 Å². The van der Waals surface area contributed by atoms with Gasteiger partial charge in [0.05, 0.1) is 6.54 Å². The number of guanidine groups is 1. The number of aliphatic imine (C=N–C) groups is 1. The van der Waals surface area contributed by atoms with Gasteiger partial charge in [-0.1, -0.05) is 32.0 Å². The predicted octanol–water partition coefficient (Wildman–Crippen LogP) is 1.78. The van der Waals surface area contributed by atoms with Gasteiger partial charge in [0.2, 0.25) is 17.7 Å². The van der Waals surface area contributed by atoms with Crippen molar-refractivity contribution in [1.82, 2.24) is 16.0 Å². The lowest BCUT2D eigenvalue weighted by atomic mass is 10.0. The number of amides is 4. The lowest BCUT2D eigenvalue weighted by molar-refractivity contribution is -0.192. The number of carbonyl (C=O) groups is 5. The molecule has 9 N–H and O–H groups in total. The first-order chi connectivity index (χ1) is 23.4. The van der Waals surface area contributed by atoms with Crippen LogP contribution < -0.4 is 38.4 Å². The Hall–Kier alpha value is -5.94. The molecule has 0 spiro atoms. The van der Waals surface area contributed by atoms with E-state index in [9.17, 15) is 37.1 Å². The molecule has 270 valence electrons. The van der Waals surface area contributed by atoms with Gasteiger partial charge in [0.25, 0.3) is 5.91 Å². The fourth-order valence-corrected chi connectivity index (χ4v) is 4.28. The molecule has 15 nitrogen and oxygen atoms in total. The van der Waals surface area contributed by atoms with E-state index in [-0.39, 0.29) is 24.8 Å². The normalized spacial score (nSPS) is 12.1. The van der Waals surface area contributed by atoms with Crippen molar-refractivity contribution < 1.29 is 46.7 Å². The second-order valence-electron chi connectivity index (χ2n) is 11.1. The summed E-state index contributed by atoms with van der Waals surface area (Å²) in [4.78, 5) is 76.1. The van der Waals surface area contributed by atoms with Gasteiger partial charge in [0.15, 0.2) is 5.96 Å². The van der Waals surface area contributed by atoms with E-state index in [4.69, 9.17) is 25.8 Å². The van der Waals surface area contributed by atoms with E-state index in [2.05, 4.69) is 26.3 Å². The largest absolute Gasteiger partial charge is 0.490 e. The lowest BCUT2D eigenvalue weighted by Crippen LogP contribution is -2.53. The highest BCUT2D eigenvalue weighted by Gasteiger charge is 2.38. The van der Waals surface area contributed by atoms with Gasteiger partial charge in [-0.3, -0.25) is 24.2 Å². The maximum Gasteiger partial charge on any atom is 0.490 e. The molecule has 3 aromatic rings. The second kappa shape index (κ2) is 18.6. The van der Waals surface area contributed by atoms with Gasteiger partial charge in [0.1, 0.15) is 17.7 Å². The minimum atomic E-state index is -5.08. The summed E-state index contributed by atoms with van der Waals surface area (Å²) in [7, 11) is 0. The van der Waals surface area contributed by atoms with Crippen LogP contribution in [0.3, 0.4) is 0 Å². The summed E-state index contributed by atoms with van der Waals surface area (Å²) in [6, 6.07) is 12.8. The molecule has 0 bridgehead atoms. The van der Waals surface area contributed by atoms with Gasteiger partial charge in [-0.05, 0) is 55.5 Å². The third kappa shape index (κ3) is 13.3. The second-order valence-corrected chi connectivity index (χ2v) is 11.1. The van der Waals surface area contributed by atoms with E-state index in [0.29, 0.717) is 23.3 Å².